The molecule has 7 rings (SSSR count). The highest BCUT2D eigenvalue weighted by Crippen LogP contribution is 2.70. The average Bonchev–Trinajstić information content (AvgIpc) is 3.54. The van der Waals surface area contributed by atoms with Crippen molar-refractivity contribution in [2.75, 3.05) is 0 Å². The van der Waals surface area contributed by atoms with Gasteiger partial charge in [-0.3, -0.25) is 0 Å². The van der Waals surface area contributed by atoms with Crippen LogP contribution >= 0.6 is 0 Å². The van der Waals surface area contributed by atoms with E-state index in [1.807, 2.05) is 24.3 Å². The summed E-state index contributed by atoms with van der Waals surface area (Å²) in [5.41, 5.74) is 3.01. The zero-order valence-corrected chi connectivity index (χ0v) is 28.4. The number of hydrogen-bond acceptors (Lipinski definition) is 4. The van der Waals surface area contributed by atoms with Crippen LogP contribution in [0.2, 0.25) is 0 Å². The molecular weight excluding hydrogens is 568 g/mol. The van der Waals surface area contributed by atoms with Crippen molar-refractivity contribution in [1.29, 1.82) is 0 Å². The standard InChI is InChI=1S/C42H50O4/c1-39(2)33-21-23-41(39,5)35(31(33)25-27-15-9-7-10-16-27)45-37(43)29-19-13-14-20-30(29)38(44)46-36-32(26-28-17-11-8-12-18-28)34-22-24-42(36,6)40(34,3)4/h7-20,31-36H,21-26H2,1-6H3/t31-,32-,33-,34-,35+,36+,41+,42+/m0/s1. The van der Waals surface area contributed by atoms with Gasteiger partial charge in [0.15, 0.2) is 0 Å². The summed E-state index contributed by atoms with van der Waals surface area (Å²) in [6, 6.07) is 28.2. The van der Waals surface area contributed by atoms with Crippen molar-refractivity contribution in [3.63, 3.8) is 0 Å². The molecule has 0 spiro atoms. The maximum atomic E-state index is 14.2. The molecule has 0 radical (unpaired) electrons. The molecule has 4 fully saturated rings. The van der Waals surface area contributed by atoms with Crippen LogP contribution in [-0.2, 0) is 22.3 Å². The van der Waals surface area contributed by atoms with Gasteiger partial charge < -0.3 is 9.47 Å². The fraction of sp³-hybridized carbons (Fsp3) is 0.524. The summed E-state index contributed by atoms with van der Waals surface area (Å²) >= 11 is 0. The highest BCUT2D eigenvalue weighted by Gasteiger charge is 2.68. The minimum absolute atomic E-state index is 0.0492. The largest absolute Gasteiger partial charge is 0.458 e. The lowest BCUT2D eigenvalue weighted by Gasteiger charge is -2.40. The molecular formula is C42H50O4. The molecule has 46 heavy (non-hydrogen) atoms. The fourth-order valence-corrected chi connectivity index (χ4v) is 10.9. The number of rotatable bonds is 8. The lowest BCUT2D eigenvalue weighted by atomic mass is 9.70. The first kappa shape index (κ1) is 31.2. The van der Waals surface area contributed by atoms with Crippen molar-refractivity contribution in [2.45, 2.75) is 92.3 Å². The summed E-state index contributed by atoms with van der Waals surface area (Å²) in [7, 11) is 0. The molecule has 8 atom stereocenters. The first-order valence-corrected chi connectivity index (χ1v) is 17.5. The molecule has 0 amide bonds. The lowest BCUT2D eigenvalue weighted by molar-refractivity contribution is -0.0439. The van der Waals surface area contributed by atoms with E-state index in [0.717, 1.165) is 38.5 Å². The minimum atomic E-state index is -0.416. The summed E-state index contributed by atoms with van der Waals surface area (Å²) in [4.78, 5) is 28.3. The molecule has 0 aromatic heterocycles. The smallest absolute Gasteiger partial charge is 0.339 e. The highest BCUT2D eigenvalue weighted by atomic mass is 16.6. The third-order valence-corrected chi connectivity index (χ3v) is 14.3. The van der Waals surface area contributed by atoms with E-state index in [-0.39, 0.29) is 45.7 Å². The topological polar surface area (TPSA) is 52.6 Å². The molecule has 4 bridgehead atoms. The molecule has 4 aliphatic rings. The van der Waals surface area contributed by atoms with Crippen LogP contribution in [0.3, 0.4) is 0 Å². The van der Waals surface area contributed by atoms with Crippen LogP contribution in [-0.4, -0.2) is 24.1 Å². The van der Waals surface area contributed by atoms with Gasteiger partial charge in [-0.2, -0.15) is 0 Å². The molecule has 0 saturated heterocycles. The van der Waals surface area contributed by atoms with Crippen molar-refractivity contribution in [3.8, 4) is 0 Å². The van der Waals surface area contributed by atoms with E-state index in [1.54, 1.807) is 12.1 Å². The third-order valence-electron chi connectivity index (χ3n) is 14.3. The van der Waals surface area contributed by atoms with Gasteiger partial charge in [-0.05, 0) is 84.5 Å². The van der Waals surface area contributed by atoms with Crippen LogP contribution in [0.15, 0.2) is 84.9 Å². The zero-order valence-electron chi connectivity index (χ0n) is 28.4. The van der Waals surface area contributed by atoms with E-state index in [2.05, 4.69) is 90.1 Å². The molecule has 4 heteroatoms. The summed E-state index contributed by atoms with van der Waals surface area (Å²) in [5.74, 6) is 0.572. The number of hydrogen-bond donors (Lipinski definition) is 0. The average molecular weight is 619 g/mol. The Balaban J connectivity index is 1.15. The van der Waals surface area contributed by atoms with Gasteiger partial charge in [-0.15, -0.1) is 0 Å². The Bertz CT molecular complexity index is 1490. The fourth-order valence-electron chi connectivity index (χ4n) is 10.9. The van der Waals surface area contributed by atoms with Gasteiger partial charge in [-0.25, -0.2) is 9.59 Å². The van der Waals surface area contributed by atoms with Gasteiger partial charge >= 0.3 is 11.9 Å². The number of ether oxygens (including phenoxy) is 2. The van der Waals surface area contributed by atoms with Crippen LogP contribution < -0.4 is 0 Å². The molecule has 0 unspecified atom stereocenters. The quantitative estimate of drug-likeness (QED) is 0.236. The predicted molar refractivity (Wildman–Crippen MR) is 181 cm³/mol. The van der Waals surface area contributed by atoms with E-state index in [4.69, 9.17) is 9.47 Å². The van der Waals surface area contributed by atoms with Gasteiger partial charge in [0.05, 0.1) is 11.1 Å². The predicted octanol–water partition coefficient (Wildman–Crippen LogP) is 9.37. The monoisotopic (exact) mass is 618 g/mol. The van der Waals surface area contributed by atoms with E-state index in [9.17, 15) is 9.59 Å². The summed E-state index contributed by atoms with van der Waals surface area (Å²) in [6.07, 6.45) is 5.70. The van der Waals surface area contributed by atoms with Gasteiger partial charge in [-0.1, -0.05) is 114 Å². The Morgan fingerprint density at radius 1 is 0.565 bits per heavy atom. The molecule has 0 N–H and O–H groups in total. The van der Waals surface area contributed by atoms with Crippen molar-refractivity contribution >= 4 is 11.9 Å². The number of carbonyl (C=O) groups excluding carboxylic acids is 2. The van der Waals surface area contributed by atoms with Crippen LogP contribution in [0.25, 0.3) is 0 Å². The number of benzene rings is 3. The van der Waals surface area contributed by atoms with Crippen LogP contribution in [0.1, 0.15) is 99.1 Å². The summed E-state index contributed by atoms with van der Waals surface area (Å²) in [6.45, 7) is 14.0. The highest BCUT2D eigenvalue weighted by molar-refractivity contribution is 6.03. The summed E-state index contributed by atoms with van der Waals surface area (Å²) < 4.78 is 13.1. The molecule has 3 aromatic carbocycles. The molecule has 4 nitrogen and oxygen atoms in total. The number of carbonyl (C=O) groups is 2. The van der Waals surface area contributed by atoms with Crippen molar-refractivity contribution in [1.82, 2.24) is 0 Å². The van der Waals surface area contributed by atoms with Gasteiger partial charge in [0.25, 0.3) is 0 Å². The number of esters is 2. The molecule has 242 valence electrons. The molecule has 0 aliphatic heterocycles. The molecule has 0 heterocycles. The second-order valence-corrected chi connectivity index (χ2v) is 16.5. The van der Waals surface area contributed by atoms with E-state index in [0.29, 0.717) is 23.0 Å². The van der Waals surface area contributed by atoms with Crippen molar-refractivity contribution < 1.29 is 19.1 Å². The third kappa shape index (κ3) is 4.60. The van der Waals surface area contributed by atoms with Gasteiger partial charge in [0.2, 0.25) is 0 Å². The zero-order chi connectivity index (χ0) is 32.5. The Hall–Kier alpha value is -3.40. The van der Waals surface area contributed by atoms with Crippen molar-refractivity contribution in [3.05, 3.63) is 107 Å². The number of fused-ring (bicyclic) bond motifs is 4. The van der Waals surface area contributed by atoms with E-state index < -0.39 is 11.9 Å². The van der Waals surface area contributed by atoms with E-state index in [1.165, 1.54) is 11.1 Å². The Kier molecular flexibility index (Phi) is 7.53. The normalized spacial score (nSPS) is 34.8. The Labute approximate surface area is 275 Å². The second-order valence-electron chi connectivity index (χ2n) is 16.5. The molecule has 4 saturated carbocycles. The molecule has 3 aromatic rings. The maximum absolute atomic E-state index is 14.2. The second kappa shape index (κ2) is 11.1. The Morgan fingerprint density at radius 3 is 1.28 bits per heavy atom. The van der Waals surface area contributed by atoms with Gasteiger partial charge in [0, 0.05) is 22.7 Å². The van der Waals surface area contributed by atoms with E-state index >= 15 is 0 Å². The first-order valence-electron chi connectivity index (χ1n) is 17.5. The SMILES string of the molecule is CC1(C)[C@H]2CC[C@]1(C)[C@H](OC(=O)c1ccccc1C(=O)O[C@@H]1[C@@H](Cc3ccccc3)[C@@H]3CC[C@@]1(C)C3(C)C)[C@H]2Cc1ccccc1. The summed E-state index contributed by atoms with van der Waals surface area (Å²) in [5, 5.41) is 0. The minimum Gasteiger partial charge on any atom is -0.458 e. The van der Waals surface area contributed by atoms with Crippen LogP contribution in [0, 0.1) is 45.3 Å². The van der Waals surface area contributed by atoms with Crippen molar-refractivity contribution in [2.24, 2.45) is 45.3 Å². The van der Waals surface area contributed by atoms with Crippen LogP contribution in [0.4, 0.5) is 0 Å². The first-order chi connectivity index (χ1) is 21.9. The molecule has 4 aliphatic carbocycles. The van der Waals surface area contributed by atoms with Crippen LogP contribution in [0.5, 0.6) is 0 Å². The lowest BCUT2D eigenvalue weighted by Crippen LogP contribution is -2.42. The van der Waals surface area contributed by atoms with Gasteiger partial charge in [0.1, 0.15) is 12.2 Å². The Morgan fingerprint density at radius 2 is 0.913 bits per heavy atom. The maximum Gasteiger partial charge on any atom is 0.339 e.